The van der Waals surface area contributed by atoms with Gasteiger partial charge in [-0.05, 0) is 43.9 Å². The van der Waals surface area contributed by atoms with Crippen molar-refractivity contribution >= 4 is 18.0 Å². The second kappa shape index (κ2) is 7.91. The molecule has 3 fully saturated rings. The van der Waals surface area contributed by atoms with Crippen molar-refractivity contribution in [2.24, 2.45) is 28.1 Å². The number of carbonyl (C=O) groups is 3. The molecule has 9 atom stereocenters. The van der Waals surface area contributed by atoms with Gasteiger partial charge in [-0.3, -0.25) is 14.4 Å². The highest BCUT2D eigenvalue weighted by atomic mass is 16.6. The Bertz CT molecular complexity index is 1480. The monoisotopic (exact) mass is 526 g/mol. The Kier molecular flexibility index (Phi) is 5.02. The molecule has 5 aliphatic rings. The summed E-state index contributed by atoms with van der Waals surface area (Å²) < 4.78 is 19.0. The Morgan fingerprint density at radius 3 is 2.49 bits per heavy atom. The number of rotatable bonds is 4. The molecule has 0 unspecified atom stereocenters. The molecule has 0 bridgehead atoms. The van der Waals surface area contributed by atoms with E-state index in [-0.39, 0.29) is 41.7 Å². The number of benzene rings is 1. The van der Waals surface area contributed by atoms with Crippen molar-refractivity contribution in [3.05, 3.63) is 71.0 Å². The van der Waals surface area contributed by atoms with Crippen molar-refractivity contribution < 1.29 is 28.3 Å². The summed E-state index contributed by atoms with van der Waals surface area (Å²) in [6.07, 6.45) is 6.68. The van der Waals surface area contributed by atoms with Gasteiger partial charge in [-0.2, -0.15) is 0 Å². The van der Waals surface area contributed by atoms with E-state index in [1.807, 2.05) is 25.1 Å². The zero-order valence-corrected chi connectivity index (χ0v) is 23.0. The zero-order valence-electron chi connectivity index (χ0n) is 23.0. The third kappa shape index (κ3) is 2.83. The molecule has 0 spiro atoms. The van der Waals surface area contributed by atoms with Crippen molar-refractivity contribution in [3.8, 4) is 11.3 Å². The fourth-order valence-electron chi connectivity index (χ4n) is 9.62. The maximum atomic E-state index is 13.7. The average Bonchev–Trinajstić information content (AvgIpc) is 3.65. The van der Waals surface area contributed by atoms with Crippen molar-refractivity contribution in [1.82, 2.24) is 0 Å². The molecule has 1 saturated carbocycles. The Morgan fingerprint density at radius 2 is 1.79 bits per heavy atom. The quantitative estimate of drug-likeness (QED) is 0.273. The van der Waals surface area contributed by atoms with Crippen LogP contribution in [0, 0.1) is 28.1 Å². The summed E-state index contributed by atoms with van der Waals surface area (Å²) in [5.74, 6) is 0.490. The minimum Gasteiger partial charge on any atom is -0.464 e. The average molecular weight is 527 g/mol. The van der Waals surface area contributed by atoms with Crippen LogP contribution in [-0.4, -0.2) is 36.4 Å². The lowest BCUT2D eigenvalue weighted by molar-refractivity contribution is -0.186. The number of fused-ring (bicyclic) bond motifs is 4. The SMILES string of the molecule is CC[C@H]1[C@]2(C)C3=C(C)[C@H](c4ccoc4-c4ccc(C=O)cc4)C[C@H]3O[C@@H]2[C@@H]2OC(=O)[C@]3(C)C=CC(=O)[C@@]1(C)[C@@H]23. The summed E-state index contributed by atoms with van der Waals surface area (Å²) in [5, 5.41) is 0. The maximum Gasteiger partial charge on any atom is 0.316 e. The predicted molar refractivity (Wildman–Crippen MR) is 144 cm³/mol. The first-order chi connectivity index (χ1) is 18.6. The molecule has 2 saturated heterocycles. The van der Waals surface area contributed by atoms with E-state index in [1.54, 1.807) is 30.5 Å². The van der Waals surface area contributed by atoms with E-state index in [0.717, 1.165) is 36.0 Å². The first-order valence-corrected chi connectivity index (χ1v) is 14.0. The molecule has 3 aliphatic carbocycles. The summed E-state index contributed by atoms with van der Waals surface area (Å²) in [4.78, 5) is 38.2. The molecule has 6 heteroatoms. The van der Waals surface area contributed by atoms with Gasteiger partial charge in [0.2, 0.25) is 0 Å². The summed E-state index contributed by atoms with van der Waals surface area (Å²) in [5.41, 5.74) is 3.17. The lowest BCUT2D eigenvalue weighted by Gasteiger charge is -2.59. The van der Waals surface area contributed by atoms with E-state index >= 15 is 0 Å². The van der Waals surface area contributed by atoms with Gasteiger partial charge in [0, 0.05) is 39.4 Å². The fourth-order valence-corrected chi connectivity index (χ4v) is 9.62. The van der Waals surface area contributed by atoms with E-state index in [0.29, 0.717) is 5.56 Å². The van der Waals surface area contributed by atoms with E-state index < -0.39 is 22.3 Å². The number of hydrogen-bond donors (Lipinski definition) is 0. The molecule has 0 N–H and O–H groups in total. The second-order valence-electron chi connectivity index (χ2n) is 12.7. The van der Waals surface area contributed by atoms with Crippen LogP contribution >= 0.6 is 0 Å². The highest BCUT2D eigenvalue weighted by Crippen LogP contribution is 2.72. The van der Waals surface area contributed by atoms with Crippen molar-refractivity contribution in [3.63, 3.8) is 0 Å². The molecule has 7 rings (SSSR count). The van der Waals surface area contributed by atoms with Crippen LogP contribution in [0.5, 0.6) is 0 Å². The van der Waals surface area contributed by atoms with Crippen LogP contribution in [0.4, 0.5) is 0 Å². The molecule has 6 nitrogen and oxygen atoms in total. The van der Waals surface area contributed by atoms with Crippen LogP contribution in [0.15, 0.2) is 64.3 Å². The number of aldehydes is 1. The van der Waals surface area contributed by atoms with Crippen LogP contribution in [0.3, 0.4) is 0 Å². The van der Waals surface area contributed by atoms with Crippen molar-refractivity contribution in [2.75, 3.05) is 0 Å². The first-order valence-electron chi connectivity index (χ1n) is 14.0. The Hall–Kier alpha value is -3.25. The normalized spacial score (nSPS) is 41.9. The summed E-state index contributed by atoms with van der Waals surface area (Å²) >= 11 is 0. The van der Waals surface area contributed by atoms with Crippen LogP contribution in [-0.2, 0) is 19.1 Å². The van der Waals surface area contributed by atoms with Crippen LogP contribution < -0.4 is 0 Å². The molecule has 0 radical (unpaired) electrons. The lowest BCUT2D eigenvalue weighted by Crippen LogP contribution is -2.65. The van der Waals surface area contributed by atoms with E-state index in [9.17, 15) is 14.4 Å². The molecule has 1 aromatic heterocycles. The molecular formula is C33H34O6. The highest BCUT2D eigenvalue weighted by molar-refractivity contribution is 6.00. The van der Waals surface area contributed by atoms with Crippen LogP contribution in [0.2, 0.25) is 0 Å². The molecule has 3 heterocycles. The molecule has 2 aromatic rings. The van der Waals surface area contributed by atoms with Gasteiger partial charge in [0.25, 0.3) is 0 Å². The van der Waals surface area contributed by atoms with E-state index in [2.05, 4.69) is 27.7 Å². The fraction of sp³-hybridized carbons (Fsp3) is 0.485. The molecule has 0 amide bonds. The van der Waals surface area contributed by atoms with Gasteiger partial charge in [0.05, 0.1) is 17.8 Å². The second-order valence-corrected chi connectivity index (χ2v) is 12.7. The number of esters is 1. The topological polar surface area (TPSA) is 82.8 Å². The van der Waals surface area contributed by atoms with Gasteiger partial charge in [0.1, 0.15) is 24.3 Å². The van der Waals surface area contributed by atoms with Gasteiger partial charge in [-0.25, -0.2) is 0 Å². The molecule has 39 heavy (non-hydrogen) atoms. The summed E-state index contributed by atoms with van der Waals surface area (Å²) in [7, 11) is 0. The standard InChI is InChI=1S/C33H34O6/c1-6-23-32(4)24(35)11-13-31(3)28(32)27(39-30(31)36)29-33(23,5)25-17(2)21(15-22(25)38-29)20-12-14-37-26(20)19-9-7-18(16-34)8-10-19/h7-14,16,21-23,27-29H,6,15H2,1-5H3/t21-,22-,23-,27-,28+,29-,31-,32+,33-/m1/s1. The van der Waals surface area contributed by atoms with Gasteiger partial charge < -0.3 is 13.9 Å². The molecular weight excluding hydrogens is 492 g/mol. The number of ketones is 1. The molecule has 2 aliphatic heterocycles. The molecule has 202 valence electrons. The first kappa shape index (κ1) is 24.8. The highest BCUT2D eigenvalue weighted by Gasteiger charge is 2.77. The summed E-state index contributed by atoms with van der Waals surface area (Å²) in [6.45, 7) is 10.6. The maximum absolute atomic E-state index is 13.7. The number of allylic oxidation sites excluding steroid dienone is 2. The third-order valence-electron chi connectivity index (χ3n) is 11.2. The molecule has 1 aromatic carbocycles. The number of furan rings is 1. The lowest BCUT2D eigenvalue weighted by atomic mass is 9.42. The summed E-state index contributed by atoms with van der Waals surface area (Å²) in [6, 6.07) is 9.47. The van der Waals surface area contributed by atoms with Gasteiger partial charge in [-0.1, -0.05) is 63.1 Å². The predicted octanol–water partition coefficient (Wildman–Crippen LogP) is 6.07. The Labute approximate surface area is 228 Å². The van der Waals surface area contributed by atoms with Gasteiger partial charge in [0.15, 0.2) is 5.78 Å². The van der Waals surface area contributed by atoms with Gasteiger partial charge >= 0.3 is 5.97 Å². The minimum atomic E-state index is -0.819. The van der Waals surface area contributed by atoms with E-state index in [4.69, 9.17) is 13.9 Å². The number of ether oxygens (including phenoxy) is 2. The van der Waals surface area contributed by atoms with Gasteiger partial charge in [-0.15, -0.1) is 0 Å². The third-order valence-corrected chi connectivity index (χ3v) is 11.2. The zero-order chi connectivity index (χ0) is 27.5. The Balaban J connectivity index is 1.35. The smallest absolute Gasteiger partial charge is 0.316 e. The Morgan fingerprint density at radius 1 is 1.05 bits per heavy atom. The number of hydrogen-bond acceptors (Lipinski definition) is 6. The number of carbonyl (C=O) groups excluding carboxylic acids is 3. The minimum absolute atomic E-state index is 0.00377. The van der Waals surface area contributed by atoms with E-state index in [1.165, 1.54) is 11.1 Å². The van der Waals surface area contributed by atoms with Crippen molar-refractivity contribution in [1.29, 1.82) is 0 Å². The van der Waals surface area contributed by atoms with Crippen LogP contribution in [0.1, 0.15) is 69.3 Å². The largest absolute Gasteiger partial charge is 0.464 e. The van der Waals surface area contributed by atoms with Crippen molar-refractivity contribution in [2.45, 2.75) is 71.7 Å². The van der Waals surface area contributed by atoms with Crippen LogP contribution in [0.25, 0.3) is 11.3 Å².